The summed E-state index contributed by atoms with van der Waals surface area (Å²) in [6.45, 7) is 1.90. The van der Waals surface area contributed by atoms with E-state index in [4.69, 9.17) is 20.4 Å². The summed E-state index contributed by atoms with van der Waals surface area (Å²) in [4.78, 5) is 2.23. The molecule has 1 saturated heterocycles. The third-order valence-corrected chi connectivity index (χ3v) is 3.94. The van der Waals surface area contributed by atoms with E-state index in [1.807, 2.05) is 12.1 Å². The molecular weight excluding hydrogens is 306 g/mol. The van der Waals surface area contributed by atoms with E-state index in [9.17, 15) is 0 Å². The van der Waals surface area contributed by atoms with Gasteiger partial charge in [0.05, 0.1) is 11.4 Å². The van der Waals surface area contributed by atoms with Gasteiger partial charge in [0.1, 0.15) is 23.9 Å². The zero-order valence-corrected chi connectivity index (χ0v) is 12.8. The van der Waals surface area contributed by atoms with Crippen LogP contribution in [0.1, 0.15) is 19.3 Å². The van der Waals surface area contributed by atoms with Crippen molar-refractivity contribution in [1.29, 1.82) is 15.8 Å². The maximum absolute atomic E-state index is 9.16. The van der Waals surface area contributed by atoms with Crippen molar-refractivity contribution in [3.05, 3.63) is 23.4 Å². The molecule has 1 aliphatic heterocycles. The molecule has 0 aliphatic carbocycles. The van der Waals surface area contributed by atoms with Crippen LogP contribution in [-0.4, -0.2) is 23.4 Å². The summed E-state index contributed by atoms with van der Waals surface area (Å²) in [6, 6.07) is 8.84. The number of nitrogens with zero attached hydrogens (tertiary/aromatic N) is 6. The van der Waals surface area contributed by atoms with Gasteiger partial charge in [-0.3, -0.25) is 0 Å². The van der Waals surface area contributed by atoms with Crippen LogP contribution >= 0.6 is 0 Å². The zero-order chi connectivity index (χ0) is 16.9. The van der Waals surface area contributed by atoms with Crippen LogP contribution in [0.4, 0.5) is 11.4 Å². The molecular formula is C16H13N7O. The predicted molar refractivity (Wildman–Crippen MR) is 85.4 cm³/mol. The Morgan fingerprint density at radius 2 is 1.71 bits per heavy atom. The summed E-state index contributed by atoms with van der Waals surface area (Å²) in [7, 11) is 0. The second-order valence-electron chi connectivity index (χ2n) is 5.35. The number of allylic oxidation sites excluding steroid dienone is 2. The van der Waals surface area contributed by atoms with Crippen LogP contribution in [0.2, 0.25) is 0 Å². The van der Waals surface area contributed by atoms with Gasteiger partial charge in [-0.1, -0.05) is 0 Å². The first-order chi connectivity index (χ1) is 11.8. The van der Waals surface area contributed by atoms with Crippen molar-refractivity contribution >= 4 is 22.4 Å². The van der Waals surface area contributed by atoms with Crippen LogP contribution in [0.15, 0.2) is 28.0 Å². The van der Waals surface area contributed by atoms with Crippen LogP contribution in [0, 0.1) is 34.0 Å². The highest BCUT2D eigenvalue weighted by atomic mass is 16.6. The molecule has 24 heavy (non-hydrogen) atoms. The summed E-state index contributed by atoms with van der Waals surface area (Å²) < 4.78 is 4.87. The summed E-state index contributed by atoms with van der Waals surface area (Å²) in [5.74, 6) is 0. The van der Waals surface area contributed by atoms with E-state index in [0.29, 0.717) is 16.7 Å². The Labute approximate surface area is 138 Å². The van der Waals surface area contributed by atoms with Crippen LogP contribution in [0.3, 0.4) is 0 Å². The number of fused-ring (bicyclic) bond motifs is 1. The average molecular weight is 319 g/mol. The molecule has 1 aromatic heterocycles. The van der Waals surface area contributed by atoms with E-state index in [1.54, 1.807) is 18.2 Å². The van der Waals surface area contributed by atoms with Gasteiger partial charge in [-0.05, 0) is 41.7 Å². The highest BCUT2D eigenvalue weighted by molar-refractivity contribution is 5.97. The number of nitrogens with one attached hydrogen (secondary N) is 1. The summed E-state index contributed by atoms with van der Waals surface area (Å²) in [6.07, 6.45) is 3.47. The Kier molecular flexibility index (Phi) is 4.27. The molecule has 1 fully saturated rings. The second kappa shape index (κ2) is 6.68. The van der Waals surface area contributed by atoms with Gasteiger partial charge < -0.3 is 10.2 Å². The average Bonchev–Trinajstić information content (AvgIpc) is 3.12. The molecule has 8 heteroatoms. The third kappa shape index (κ3) is 2.71. The molecule has 2 heterocycles. The fourth-order valence-electron chi connectivity index (χ4n) is 2.76. The largest absolute Gasteiger partial charge is 0.370 e. The number of benzene rings is 1. The molecule has 1 N–H and O–H groups in total. The van der Waals surface area contributed by atoms with E-state index >= 15 is 0 Å². The molecule has 118 valence electrons. The Balaban J connectivity index is 2.02. The van der Waals surface area contributed by atoms with Crippen molar-refractivity contribution in [1.82, 2.24) is 10.3 Å². The molecule has 3 rings (SSSR count). The lowest BCUT2D eigenvalue weighted by Crippen LogP contribution is -2.29. The fourth-order valence-corrected chi connectivity index (χ4v) is 2.76. The number of nitriles is 3. The van der Waals surface area contributed by atoms with Crippen LogP contribution in [0.25, 0.3) is 11.0 Å². The molecule has 1 aromatic carbocycles. The molecule has 0 saturated carbocycles. The minimum atomic E-state index is -0.290. The number of piperidine rings is 1. The number of rotatable bonds is 3. The lowest BCUT2D eigenvalue weighted by atomic mass is 10.1. The number of hydrogen-bond donors (Lipinski definition) is 1. The third-order valence-electron chi connectivity index (χ3n) is 3.94. The summed E-state index contributed by atoms with van der Waals surface area (Å²) in [5, 5.41) is 37.7. The molecule has 0 atom stereocenters. The molecule has 0 bridgehead atoms. The zero-order valence-electron chi connectivity index (χ0n) is 12.8. The highest BCUT2D eigenvalue weighted by Crippen LogP contribution is 2.32. The van der Waals surface area contributed by atoms with Crippen molar-refractivity contribution in [2.45, 2.75) is 19.3 Å². The predicted octanol–water partition coefficient (Wildman–Crippen LogP) is 2.45. The van der Waals surface area contributed by atoms with Gasteiger partial charge in [0.2, 0.25) is 0 Å². The molecule has 0 radical (unpaired) electrons. The smallest absolute Gasteiger partial charge is 0.163 e. The van der Waals surface area contributed by atoms with E-state index in [0.717, 1.165) is 31.6 Å². The van der Waals surface area contributed by atoms with Crippen LogP contribution in [-0.2, 0) is 0 Å². The van der Waals surface area contributed by atoms with Gasteiger partial charge in [-0.15, -0.1) is 0 Å². The summed E-state index contributed by atoms with van der Waals surface area (Å²) in [5.41, 5.74) is 2.03. The van der Waals surface area contributed by atoms with Gasteiger partial charge in [-0.25, -0.2) is 4.63 Å². The SMILES string of the molecule is N#CC(C#N)=C(C#N)Nc1ccc(N2CCCCC2)c2nonc12. The molecule has 8 nitrogen and oxygen atoms in total. The van der Waals surface area contributed by atoms with Crippen molar-refractivity contribution in [3.8, 4) is 18.2 Å². The second-order valence-corrected chi connectivity index (χ2v) is 5.35. The standard InChI is InChI=1S/C16H13N7O/c17-8-11(9-18)13(10-19)20-12-4-5-14(16-15(12)21-24-22-16)23-6-2-1-3-7-23/h4-5,20H,1-3,6-7H2. The lowest BCUT2D eigenvalue weighted by molar-refractivity contribution is 0.315. The Morgan fingerprint density at radius 3 is 2.38 bits per heavy atom. The quantitative estimate of drug-likeness (QED) is 0.855. The maximum atomic E-state index is 9.16. The van der Waals surface area contributed by atoms with Crippen molar-refractivity contribution in [2.75, 3.05) is 23.3 Å². The minimum absolute atomic E-state index is 0.130. The summed E-state index contributed by atoms with van der Waals surface area (Å²) >= 11 is 0. The Bertz CT molecular complexity index is 901. The van der Waals surface area contributed by atoms with Crippen molar-refractivity contribution in [2.24, 2.45) is 0 Å². The van der Waals surface area contributed by atoms with E-state index < -0.39 is 0 Å². The van der Waals surface area contributed by atoms with Gasteiger partial charge >= 0.3 is 0 Å². The van der Waals surface area contributed by atoms with Gasteiger partial charge in [0.15, 0.2) is 16.6 Å². The van der Waals surface area contributed by atoms with Gasteiger partial charge in [0.25, 0.3) is 0 Å². The minimum Gasteiger partial charge on any atom is -0.370 e. The van der Waals surface area contributed by atoms with E-state index in [1.165, 1.54) is 6.42 Å². The number of hydrogen-bond acceptors (Lipinski definition) is 8. The number of aromatic nitrogens is 2. The maximum Gasteiger partial charge on any atom is 0.163 e. The van der Waals surface area contributed by atoms with E-state index in [-0.39, 0.29) is 11.3 Å². The first kappa shape index (κ1) is 15.3. The van der Waals surface area contributed by atoms with Gasteiger partial charge in [-0.2, -0.15) is 15.8 Å². The van der Waals surface area contributed by atoms with Crippen LogP contribution in [0.5, 0.6) is 0 Å². The lowest BCUT2D eigenvalue weighted by Gasteiger charge is -2.28. The number of anilines is 2. The first-order valence-electron chi connectivity index (χ1n) is 7.50. The van der Waals surface area contributed by atoms with E-state index in [2.05, 4.69) is 20.5 Å². The monoisotopic (exact) mass is 319 g/mol. The van der Waals surface area contributed by atoms with Crippen molar-refractivity contribution < 1.29 is 4.63 Å². The Morgan fingerprint density at radius 1 is 1.00 bits per heavy atom. The Hall–Kier alpha value is -3.57. The molecule has 0 unspecified atom stereocenters. The molecule has 0 amide bonds. The van der Waals surface area contributed by atoms with Crippen LogP contribution < -0.4 is 10.2 Å². The fraction of sp³-hybridized carbons (Fsp3) is 0.312. The molecule has 1 aliphatic rings. The highest BCUT2D eigenvalue weighted by Gasteiger charge is 2.19. The van der Waals surface area contributed by atoms with Crippen molar-refractivity contribution in [3.63, 3.8) is 0 Å². The van der Waals surface area contributed by atoms with Gasteiger partial charge in [0, 0.05) is 13.1 Å². The molecule has 0 spiro atoms. The normalized spacial score (nSPS) is 13.6. The molecule has 2 aromatic rings. The first-order valence-corrected chi connectivity index (χ1v) is 7.50. The topological polar surface area (TPSA) is 126 Å².